The van der Waals surface area contributed by atoms with Crippen molar-refractivity contribution in [1.82, 2.24) is 9.97 Å². The molecule has 5 heteroatoms. The quantitative estimate of drug-likeness (QED) is 0.874. The Hall–Kier alpha value is -2.17. The topological polar surface area (TPSA) is 41.0 Å². The number of nitrogens with one attached hydrogen (secondary N) is 1. The third-order valence-electron chi connectivity index (χ3n) is 2.94. The van der Waals surface area contributed by atoms with Gasteiger partial charge in [0.25, 0.3) is 0 Å². The number of hydrogen-bond acceptors (Lipinski definition) is 4. The van der Waals surface area contributed by atoms with Crippen LogP contribution in [0.3, 0.4) is 0 Å². The summed E-state index contributed by atoms with van der Waals surface area (Å²) in [4.78, 5) is 10.2. The Balaban J connectivity index is 2.30. The van der Waals surface area contributed by atoms with Gasteiger partial charge in [0.2, 0.25) is 0 Å². The SMILES string of the molecule is CCCNc1cc(N(CC)c2ccccc2F)ncn1. The van der Waals surface area contributed by atoms with Gasteiger partial charge in [-0.1, -0.05) is 19.1 Å². The third kappa shape index (κ3) is 3.23. The van der Waals surface area contributed by atoms with Crippen molar-refractivity contribution in [1.29, 1.82) is 0 Å². The van der Waals surface area contributed by atoms with Gasteiger partial charge in [0, 0.05) is 19.2 Å². The Labute approximate surface area is 118 Å². The van der Waals surface area contributed by atoms with Crippen LogP contribution in [0.25, 0.3) is 0 Å². The van der Waals surface area contributed by atoms with E-state index in [2.05, 4.69) is 22.2 Å². The van der Waals surface area contributed by atoms with Crippen LogP contribution in [-0.4, -0.2) is 23.1 Å². The van der Waals surface area contributed by atoms with Gasteiger partial charge in [-0.15, -0.1) is 0 Å². The molecule has 0 radical (unpaired) electrons. The van der Waals surface area contributed by atoms with Crippen LogP contribution in [0.2, 0.25) is 0 Å². The second-order valence-electron chi connectivity index (χ2n) is 4.38. The molecule has 1 aromatic carbocycles. The van der Waals surface area contributed by atoms with Gasteiger partial charge in [-0.3, -0.25) is 0 Å². The molecule has 0 aliphatic rings. The minimum absolute atomic E-state index is 0.254. The van der Waals surface area contributed by atoms with Crippen LogP contribution in [0.5, 0.6) is 0 Å². The van der Waals surface area contributed by atoms with Crippen LogP contribution in [0.4, 0.5) is 21.7 Å². The molecule has 20 heavy (non-hydrogen) atoms. The first-order chi connectivity index (χ1) is 9.76. The Kier molecular flexibility index (Phi) is 4.87. The van der Waals surface area contributed by atoms with E-state index in [1.54, 1.807) is 12.1 Å². The van der Waals surface area contributed by atoms with Crippen molar-refractivity contribution >= 4 is 17.3 Å². The van der Waals surface area contributed by atoms with E-state index in [1.165, 1.54) is 12.4 Å². The van der Waals surface area contributed by atoms with E-state index in [-0.39, 0.29) is 5.82 Å². The zero-order valence-corrected chi connectivity index (χ0v) is 11.8. The van der Waals surface area contributed by atoms with Gasteiger partial charge in [0.05, 0.1) is 5.69 Å². The van der Waals surface area contributed by atoms with Gasteiger partial charge in [-0.25, -0.2) is 14.4 Å². The minimum atomic E-state index is -0.254. The van der Waals surface area contributed by atoms with Crippen molar-refractivity contribution in [3.63, 3.8) is 0 Å². The molecule has 0 unspecified atom stereocenters. The van der Waals surface area contributed by atoms with Crippen molar-refractivity contribution in [3.8, 4) is 0 Å². The number of aromatic nitrogens is 2. The predicted octanol–water partition coefficient (Wildman–Crippen LogP) is 3.60. The van der Waals surface area contributed by atoms with Crippen LogP contribution < -0.4 is 10.2 Å². The molecule has 1 heterocycles. The number of nitrogens with zero attached hydrogens (tertiary/aromatic N) is 3. The lowest BCUT2D eigenvalue weighted by Crippen LogP contribution is -2.19. The number of hydrogen-bond donors (Lipinski definition) is 1. The second kappa shape index (κ2) is 6.84. The first-order valence-electron chi connectivity index (χ1n) is 6.84. The highest BCUT2D eigenvalue weighted by atomic mass is 19.1. The number of rotatable bonds is 6. The standard InChI is InChI=1S/C15H19FN4/c1-3-9-17-14-10-15(19-11-18-14)20(4-2)13-8-6-5-7-12(13)16/h5-8,10-11H,3-4,9H2,1-2H3,(H,17,18,19). The van der Waals surface area contributed by atoms with E-state index in [0.29, 0.717) is 18.1 Å². The lowest BCUT2D eigenvalue weighted by atomic mass is 10.2. The molecule has 2 rings (SSSR count). The lowest BCUT2D eigenvalue weighted by molar-refractivity contribution is 0.625. The maximum absolute atomic E-state index is 13.9. The van der Waals surface area contributed by atoms with Crippen molar-refractivity contribution < 1.29 is 4.39 Å². The van der Waals surface area contributed by atoms with Gasteiger partial charge < -0.3 is 10.2 Å². The van der Waals surface area contributed by atoms with Crippen molar-refractivity contribution in [2.45, 2.75) is 20.3 Å². The molecular formula is C15H19FN4. The fourth-order valence-corrected chi connectivity index (χ4v) is 1.97. The normalized spacial score (nSPS) is 10.3. The van der Waals surface area contributed by atoms with Crippen LogP contribution in [0.15, 0.2) is 36.7 Å². The molecule has 1 aromatic heterocycles. The Morgan fingerprint density at radius 3 is 2.70 bits per heavy atom. The number of benzene rings is 1. The average Bonchev–Trinajstić information content (AvgIpc) is 2.48. The highest BCUT2D eigenvalue weighted by molar-refractivity contribution is 5.62. The van der Waals surface area contributed by atoms with Gasteiger partial charge in [-0.2, -0.15) is 0 Å². The van der Waals surface area contributed by atoms with E-state index in [9.17, 15) is 4.39 Å². The summed E-state index contributed by atoms with van der Waals surface area (Å²) < 4.78 is 13.9. The summed E-state index contributed by atoms with van der Waals surface area (Å²) in [5, 5.41) is 3.21. The maximum Gasteiger partial charge on any atom is 0.146 e. The molecule has 0 saturated carbocycles. The second-order valence-corrected chi connectivity index (χ2v) is 4.38. The molecule has 0 fully saturated rings. The van der Waals surface area contributed by atoms with Crippen LogP contribution >= 0.6 is 0 Å². The number of halogens is 1. The van der Waals surface area contributed by atoms with Crippen LogP contribution in [0, 0.1) is 5.82 Å². The molecule has 0 atom stereocenters. The molecule has 106 valence electrons. The summed E-state index contributed by atoms with van der Waals surface area (Å²) in [6.07, 6.45) is 2.51. The summed E-state index contributed by atoms with van der Waals surface area (Å²) in [6.45, 7) is 5.54. The Morgan fingerprint density at radius 1 is 1.20 bits per heavy atom. The van der Waals surface area contributed by atoms with E-state index >= 15 is 0 Å². The molecule has 2 aromatic rings. The molecule has 1 N–H and O–H groups in total. The summed E-state index contributed by atoms with van der Waals surface area (Å²) in [5.41, 5.74) is 0.523. The third-order valence-corrected chi connectivity index (χ3v) is 2.94. The van der Waals surface area contributed by atoms with Crippen molar-refractivity contribution in [3.05, 3.63) is 42.5 Å². The fourth-order valence-electron chi connectivity index (χ4n) is 1.97. The average molecular weight is 274 g/mol. The zero-order chi connectivity index (χ0) is 14.4. The van der Waals surface area contributed by atoms with Crippen molar-refractivity contribution in [2.75, 3.05) is 23.3 Å². The molecule has 0 bridgehead atoms. The molecule has 0 saturated heterocycles. The number of para-hydroxylation sites is 1. The highest BCUT2D eigenvalue weighted by Crippen LogP contribution is 2.26. The lowest BCUT2D eigenvalue weighted by Gasteiger charge is -2.22. The molecule has 4 nitrogen and oxygen atoms in total. The summed E-state index contributed by atoms with van der Waals surface area (Å²) in [5.74, 6) is 1.19. The van der Waals surface area contributed by atoms with Crippen LogP contribution in [-0.2, 0) is 0 Å². The smallest absolute Gasteiger partial charge is 0.146 e. The first kappa shape index (κ1) is 14.2. The summed E-state index contributed by atoms with van der Waals surface area (Å²) in [6, 6.07) is 8.54. The summed E-state index contributed by atoms with van der Waals surface area (Å²) in [7, 11) is 0. The van der Waals surface area contributed by atoms with E-state index < -0.39 is 0 Å². The predicted molar refractivity (Wildman–Crippen MR) is 79.9 cm³/mol. The molecule has 0 amide bonds. The largest absolute Gasteiger partial charge is 0.370 e. The van der Waals surface area contributed by atoms with Gasteiger partial charge in [-0.05, 0) is 25.5 Å². The van der Waals surface area contributed by atoms with Crippen LogP contribution in [0.1, 0.15) is 20.3 Å². The minimum Gasteiger partial charge on any atom is -0.370 e. The Morgan fingerprint density at radius 2 is 2.00 bits per heavy atom. The van der Waals surface area contributed by atoms with E-state index in [4.69, 9.17) is 0 Å². The summed E-state index contributed by atoms with van der Waals surface area (Å²) >= 11 is 0. The fraction of sp³-hybridized carbons (Fsp3) is 0.333. The highest BCUT2D eigenvalue weighted by Gasteiger charge is 2.13. The molecule has 0 aliphatic carbocycles. The first-order valence-corrected chi connectivity index (χ1v) is 6.84. The van der Waals surface area contributed by atoms with Gasteiger partial charge in [0.1, 0.15) is 23.8 Å². The Bertz CT molecular complexity index is 559. The van der Waals surface area contributed by atoms with Gasteiger partial charge in [0.15, 0.2) is 0 Å². The van der Waals surface area contributed by atoms with Gasteiger partial charge >= 0.3 is 0 Å². The monoisotopic (exact) mass is 274 g/mol. The van der Waals surface area contributed by atoms with E-state index in [0.717, 1.165) is 18.8 Å². The van der Waals surface area contributed by atoms with E-state index in [1.807, 2.05) is 24.0 Å². The zero-order valence-electron chi connectivity index (χ0n) is 11.8. The molecule has 0 aliphatic heterocycles. The molecular weight excluding hydrogens is 255 g/mol. The van der Waals surface area contributed by atoms with Crippen molar-refractivity contribution in [2.24, 2.45) is 0 Å². The number of anilines is 3. The maximum atomic E-state index is 13.9. The molecule has 0 spiro atoms.